The first-order valence-electron chi connectivity index (χ1n) is 9.57. The van der Waals surface area contributed by atoms with Gasteiger partial charge in [0.2, 0.25) is 6.79 Å². The highest BCUT2D eigenvalue weighted by Gasteiger charge is 2.22. The molecule has 0 unspecified atom stereocenters. The summed E-state index contributed by atoms with van der Waals surface area (Å²) in [6.07, 6.45) is 0. The van der Waals surface area contributed by atoms with Crippen LogP contribution in [0.1, 0.15) is 10.4 Å². The Kier molecular flexibility index (Phi) is 4.95. The maximum Gasteiger partial charge on any atom is 0.264 e. The summed E-state index contributed by atoms with van der Waals surface area (Å²) in [7, 11) is -2.26. The van der Waals surface area contributed by atoms with Crippen molar-refractivity contribution in [3.63, 3.8) is 0 Å². The number of benzene rings is 3. The Morgan fingerprint density at radius 2 is 1.72 bits per heavy atom. The van der Waals surface area contributed by atoms with Crippen LogP contribution in [-0.2, 0) is 10.0 Å². The predicted octanol–water partition coefficient (Wildman–Crippen LogP) is 4.10. The van der Waals surface area contributed by atoms with E-state index in [1.54, 1.807) is 30.3 Å². The number of amides is 1. The zero-order valence-electron chi connectivity index (χ0n) is 16.8. The molecule has 0 spiro atoms. The van der Waals surface area contributed by atoms with Crippen LogP contribution in [-0.4, -0.2) is 33.1 Å². The number of nitrogens with zero attached hydrogens (tertiary/aromatic N) is 2. The van der Waals surface area contributed by atoms with Crippen LogP contribution in [0.2, 0.25) is 0 Å². The summed E-state index contributed by atoms with van der Waals surface area (Å²) < 4.78 is 38.5. The number of aromatic nitrogens is 1. The van der Waals surface area contributed by atoms with Gasteiger partial charge < -0.3 is 9.47 Å². The molecule has 1 N–H and O–H groups in total. The van der Waals surface area contributed by atoms with E-state index >= 15 is 0 Å². The van der Waals surface area contributed by atoms with Crippen molar-refractivity contribution in [2.75, 3.05) is 23.5 Å². The number of carbonyl (C=O) groups excluding carboxylic acids is 1. The van der Waals surface area contributed by atoms with Gasteiger partial charge in [-0.3, -0.25) is 14.4 Å². The van der Waals surface area contributed by atoms with Crippen LogP contribution in [0.4, 0.5) is 10.8 Å². The molecule has 0 bridgehead atoms. The number of rotatable bonds is 5. The van der Waals surface area contributed by atoms with E-state index in [0.29, 0.717) is 33.4 Å². The van der Waals surface area contributed by atoms with Crippen molar-refractivity contribution in [2.45, 2.75) is 4.90 Å². The van der Waals surface area contributed by atoms with E-state index < -0.39 is 10.0 Å². The van der Waals surface area contributed by atoms with Crippen molar-refractivity contribution >= 4 is 48.3 Å². The fourth-order valence-corrected chi connectivity index (χ4v) is 5.32. The van der Waals surface area contributed by atoms with E-state index in [0.717, 1.165) is 4.70 Å². The molecule has 162 valence electrons. The molecule has 4 aromatic rings. The molecule has 0 atom stereocenters. The summed E-state index contributed by atoms with van der Waals surface area (Å²) in [4.78, 5) is 17.2. The minimum atomic E-state index is -3.75. The smallest absolute Gasteiger partial charge is 0.264 e. The van der Waals surface area contributed by atoms with Crippen molar-refractivity contribution < 1.29 is 22.7 Å². The fraction of sp³-hybridized carbons (Fsp3) is 0.0909. The summed E-state index contributed by atoms with van der Waals surface area (Å²) in [5.41, 5.74) is 1.56. The monoisotopic (exact) mass is 467 g/mol. The van der Waals surface area contributed by atoms with Gasteiger partial charge in [-0.1, -0.05) is 29.5 Å². The third-order valence-electron chi connectivity index (χ3n) is 5.00. The number of para-hydroxylation sites is 1. The van der Waals surface area contributed by atoms with E-state index in [1.807, 2.05) is 12.1 Å². The highest BCUT2D eigenvalue weighted by atomic mass is 32.2. The van der Waals surface area contributed by atoms with Crippen molar-refractivity contribution in [3.05, 3.63) is 72.3 Å². The average Bonchev–Trinajstić information content (AvgIpc) is 3.42. The van der Waals surface area contributed by atoms with E-state index in [2.05, 4.69) is 10.3 Å². The number of thiazole rings is 1. The molecule has 32 heavy (non-hydrogen) atoms. The van der Waals surface area contributed by atoms with Crippen LogP contribution < -0.4 is 19.1 Å². The van der Waals surface area contributed by atoms with Gasteiger partial charge in [-0.25, -0.2) is 13.4 Å². The number of anilines is 2. The topological polar surface area (TPSA) is 97.8 Å². The summed E-state index contributed by atoms with van der Waals surface area (Å²) >= 11 is 1.31. The quantitative estimate of drug-likeness (QED) is 0.475. The molecule has 5 rings (SSSR count). The highest BCUT2D eigenvalue weighted by Crippen LogP contribution is 2.39. The van der Waals surface area contributed by atoms with E-state index in [9.17, 15) is 13.2 Å². The zero-order valence-corrected chi connectivity index (χ0v) is 18.4. The molecular formula is C22H17N3O5S2. The Labute approximate surface area is 188 Å². The normalized spacial score (nSPS) is 12.7. The highest BCUT2D eigenvalue weighted by molar-refractivity contribution is 7.92. The predicted molar refractivity (Wildman–Crippen MR) is 122 cm³/mol. The van der Waals surface area contributed by atoms with Crippen LogP contribution in [0.15, 0.2) is 71.6 Å². The SMILES string of the molecule is CN(c1ccccc1)S(=O)(=O)c1ccc(C(=O)Nc2nc3cc4c(cc3s2)OCO4)cc1. The van der Waals surface area contributed by atoms with Crippen LogP contribution in [0.25, 0.3) is 10.2 Å². The van der Waals surface area contributed by atoms with Gasteiger partial charge in [-0.2, -0.15) is 0 Å². The van der Waals surface area contributed by atoms with Crippen molar-refractivity contribution in [1.82, 2.24) is 4.98 Å². The lowest BCUT2D eigenvalue weighted by Crippen LogP contribution is -2.26. The standard InChI is InChI=1S/C22H17N3O5S2/c1-25(15-5-3-2-4-6-15)32(27,28)16-9-7-14(8-10-16)21(26)24-22-23-17-11-18-19(30-13-29-18)12-20(17)31-22/h2-12H,13H2,1H3,(H,23,24,26). The number of nitrogens with one attached hydrogen (secondary N) is 1. The van der Waals surface area contributed by atoms with Crippen LogP contribution in [0.5, 0.6) is 11.5 Å². The summed E-state index contributed by atoms with van der Waals surface area (Å²) in [5, 5.41) is 3.18. The van der Waals surface area contributed by atoms with E-state index in [4.69, 9.17) is 9.47 Å². The molecule has 2 heterocycles. The first-order chi connectivity index (χ1) is 15.4. The first-order valence-corrected chi connectivity index (χ1v) is 11.8. The van der Waals surface area contributed by atoms with Gasteiger partial charge in [-0.15, -0.1) is 0 Å². The molecule has 1 aromatic heterocycles. The largest absolute Gasteiger partial charge is 0.454 e. The third-order valence-corrected chi connectivity index (χ3v) is 7.73. The van der Waals surface area contributed by atoms with Crippen molar-refractivity contribution in [2.24, 2.45) is 0 Å². The lowest BCUT2D eigenvalue weighted by atomic mass is 10.2. The summed E-state index contributed by atoms with van der Waals surface area (Å²) in [5.74, 6) is 0.888. The first kappa shape index (κ1) is 20.3. The Balaban J connectivity index is 1.34. The molecule has 0 saturated heterocycles. The van der Waals surface area contributed by atoms with Crippen molar-refractivity contribution in [3.8, 4) is 11.5 Å². The Morgan fingerprint density at radius 1 is 1.03 bits per heavy atom. The second kappa shape index (κ2) is 7.81. The Hall–Kier alpha value is -3.63. The van der Waals surface area contributed by atoms with Gasteiger partial charge in [-0.05, 0) is 36.4 Å². The number of ether oxygens (including phenoxy) is 2. The number of hydrogen-bond acceptors (Lipinski definition) is 7. The molecule has 8 nitrogen and oxygen atoms in total. The second-order valence-corrected chi connectivity index (χ2v) is 9.98. The molecule has 1 amide bonds. The summed E-state index contributed by atoms with van der Waals surface area (Å²) in [6.45, 7) is 0.184. The number of hydrogen-bond donors (Lipinski definition) is 1. The molecule has 0 radical (unpaired) electrons. The van der Waals surface area contributed by atoms with Gasteiger partial charge in [0.25, 0.3) is 15.9 Å². The lowest BCUT2D eigenvalue weighted by molar-refractivity contribution is 0.102. The van der Waals surface area contributed by atoms with Gasteiger partial charge >= 0.3 is 0 Å². The lowest BCUT2D eigenvalue weighted by Gasteiger charge is -2.19. The maximum atomic E-state index is 12.9. The Morgan fingerprint density at radius 3 is 2.44 bits per heavy atom. The molecule has 10 heteroatoms. The van der Waals surface area contributed by atoms with Gasteiger partial charge in [0.15, 0.2) is 16.6 Å². The van der Waals surface area contributed by atoms with Gasteiger partial charge in [0.1, 0.15) is 0 Å². The van der Waals surface area contributed by atoms with E-state index in [1.165, 1.54) is 47.0 Å². The zero-order chi connectivity index (χ0) is 22.3. The minimum Gasteiger partial charge on any atom is -0.454 e. The second-order valence-electron chi connectivity index (χ2n) is 6.98. The van der Waals surface area contributed by atoms with E-state index in [-0.39, 0.29) is 17.6 Å². The molecular weight excluding hydrogens is 450 g/mol. The molecule has 0 aliphatic carbocycles. The van der Waals surface area contributed by atoms with Crippen LogP contribution in [0.3, 0.4) is 0 Å². The van der Waals surface area contributed by atoms with Crippen LogP contribution in [0, 0.1) is 0 Å². The molecule has 0 fully saturated rings. The average molecular weight is 468 g/mol. The summed E-state index contributed by atoms with van der Waals surface area (Å²) in [6, 6.07) is 18.2. The third kappa shape index (κ3) is 3.63. The van der Waals surface area contributed by atoms with Gasteiger partial charge in [0.05, 0.1) is 20.8 Å². The number of carbonyl (C=O) groups is 1. The molecule has 0 saturated carbocycles. The number of sulfonamides is 1. The molecule has 1 aliphatic heterocycles. The Bertz CT molecular complexity index is 1380. The van der Waals surface area contributed by atoms with Gasteiger partial charge in [0, 0.05) is 24.7 Å². The number of fused-ring (bicyclic) bond motifs is 2. The molecule has 3 aromatic carbocycles. The minimum absolute atomic E-state index is 0.0925. The van der Waals surface area contributed by atoms with Crippen LogP contribution >= 0.6 is 11.3 Å². The van der Waals surface area contributed by atoms with Crippen molar-refractivity contribution in [1.29, 1.82) is 0 Å². The molecule has 1 aliphatic rings. The maximum absolute atomic E-state index is 12.9. The fourth-order valence-electron chi connectivity index (χ4n) is 3.25.